The van der Waals surface area contributed by atoms with Crippen molar-refractivity contribution in [2.75, 3.05) is 13.2 Å². The highest BCUT2D eigenvalue weighted by Gasteiger charge is 2.19. The summed E-state index contributed by atoms with van der Waals surface area (Å²) in [5, 5.41) is 9.05. The molecule has 0 bridgehead atoms. The molecule has 0 aliphatic heterocycles. The molecule has 0 aromatic carbocycles. The Balaban J connectivity index is 4.23. The number of carbonyl (C=O) groups is 1. The molecule has 3 heteroatoms. The van der Waals surface area contributed by atoms with Crippen LogP contribution in [0.1, 0.15) is 41.0 Å². The van der Waals surface area contributed by atoms with Gasteiger partial charge in [-0.2, -0.15) is 0 Å². The van der Waals surface area contributed by atoms with Gasteiger partial charge in [0.15, 0.2) is 0 Å². The maximum Gasteiger partial charge on any atom is 0.333 e. The van der Waals surface area contributed by atoms with E-state index in [9.17, 15) is 4.79 Å². The third-order valence-electron chi connectivity index (χ3n) is 3.14. The van der Waals surface area contributed by atoms with Crippen LogP contribution in [0.2, 0.25) is 0 Å². The maximum atomic E-state index is 11.5. The summed E-state index contributed by atoms with van der Waals surface area (Å²) in [6, 6.07) is 0. The zero-order chi connectivity index (χ0) is 13.4. The average Bonchev–Trinajstić information content (AvgIpc) is 2.31. The Morgan fingerprint density at radius 2 is 1.94 bits per heavy atom. The van der Waals surface area contributed by atoms with Crippen LogP contribution in [-0.4, -0.2) is 24.3 Å². The molecule has 0 spiro atoms. The lowest BCUT2D eigenvalue weighted by Crippen LogP contribution is -2.22. The molecule has 0 heterocycles. The van der Waals surface area contributed by atoms with E-state index in [0.717, 1.165) is 6.42 Å². The van der Waals surface area contributed by atoms with Gasteiger partial charge in [-0.3, -0.25) is 0 Å². The van der Waals surface area contributed by atoms with Crippen LogP contribution in [0.4, 0.5) is 0 Å². The van der Waals surface area contributed by atoms with E-state index >= 15 is 0 Å². The topological polar surface area (TPSA) is 46.5 Å². The van der Waals surface area contributed by atoms with Gasteiger partial charge >= 0.3 is 5.97 Å². The molecular formula is C14H26O3. The van der Waals surface area contributed by atoms with Gasteiger partial charge < -0.3 is 9.84 Å². The summed E-state index contributed by atoms with van der Waals surface area (Å²) < 4.78 is 5.27. The van der Waals surface area contributed by atoms with Gasteiger partial charge in [0.05, 0.1) is 6.61 Å². The molecule has 0 aliphatic carbocycles. The van der Waals surface area contributed by atoms with E-state index in [1.165, 1.54) is 0 Å². The number of hydrogen-bond donors (Lipinski definition) is 1. The maximum absolute atomic E-state index is 11.5. The number of rotatable bonds is 7. The second kappa shape index (κ2) is 8.29. The predicted molar refractivity (Wildman–Crippen MR) is 69.6 cm³/mol. The quantitative estimate of drug-likeness (QED) is 0.551. The highest BCUT2D eigenvalue weighted by atomic mass is 16.5. The van der Waals surface area contributed by atoms with Gasteiger partial charge in [0.1, 0.15) is 0 Å². The number of aliphatic hydroxyl groups excluding tert-OH is 1. The van der Waals surface area contributed by atoms with E-state index in [0.29, 0.717) is 24.0 Å². The molecule has 1 N–H and O–H groups in total. The standard InChI is InChI=1S/C14H26O3/c1-6-12(5)14(16)17-9-13(10(2)3)7-11(4)8-15/h6,10-11,13,15H,7-9H2,1-5H3. The van der Waals surface area contributed by atoms with Gasteiger partial charge in [0, 0.05) is 12.2 Å². The monoisotopic (exact) mass is 242 g/mol. The minimum absolute atomic E-state index is 0.186. The fraction of sp³-hybridized carbons (Fsp3) is 0.786. The van der Waals surface area contributed by atoms with Crippen LogP contribution in [0.25, 0.3) is 0 Å². The van der Waals surface area contributed by atoms with Crippen LogP contribution in [-0.2, 0) is 9.53 Å². The van der Waals surface area contributed by atoms with Gasteiger partial charge in [-0.25, -0.2) is 4.79 Å². The third-order valence-corrected chi connectivity index (χ3v) is 3.14. The Morgan fingerprint density at radius 1 is 1.35 bits per heavy atom. The van der Waals surface area contributed by atoms with Gasteiger partial charge in [0.2, 0.25) is 0 Å². The molecule has 2 unspecified atom stereocenters. The molecule has 0 fully saturated rings. The third kappa shape index (κ3) is 6.47. The number of aliphatic hydroxyl groups is 1. The number of hydrogen-bond acceptors (Lipinski definition) is 3. The van der Waals surface area contributed by atoms with Crippen molar-refractivity contribution in [3.8, 4) is 0 Å². The first-order valence-corrected chi connectivity index (χ1v) is 6.33. The van der Waals surface area contributed by atoms with Crippen molar-refractivity contribution in [3.05, 3.63) is 11.6 Å². The Bertz CT molecular complexity index is 256. The minimum Gasteiger partial charge on any atom is -0.462 e. The van der Waals surface area contributed by atoms with E-state index in [-0.39, 0.29) is 18.5 Å². The lowest BCUT2D eigenvalue weighted by atomic mass is 9.88. The SMILES string of the molecule is CC=C(C)C(=O)OCC(CC(C)CO)C(C)C. The van der Waals surface area contributed by atoms with Crippen LogP contribution in [0.3, 0.4) is 0 Å². The summed E-state index contributed by atoms with van der Waals surface area (Å²) in [5.41, 5.74) is 0.641. The first kappa shape index (κ1) is 16.2. The molecule has 0 saturated carbocycles. The summed E-state index contributed by atoms with van der Waals surface area (Å²) >= 11 is 0. The lowest BCUT2D eigenvalue weighted by Gasteiger charge is -2.23. The Hall–Kier alpha value is -0.830. The van der Waals surface area contributed by atoms with E-state index in [2.05, 4.69) is 13.8 Å². The Labute approximate surface area is 105 Å². The predicted octanol–water partition coefficient (Wildman–Crippen LogP) is 2.79. The molecule has 0 aromatic heterocycles. The van der Waals surface area contributed by atoms with Crippen LogP contribution >= 0.6 is 0 Å². The van der Waals surface area contributed by atoms with Crippen LogP contribution < -0.4 is 0 Å². The van der Waals surface area contributed by atoms with Crippen molar-refractivity contribution < 1.29 is 14.6 Å². The molecule has 0 rings (SSSR count). The van der Waals surface area contributed by atoms with Crippen molar-refractivity contribution in [3.63, 3.8) is 0 Å². The lowest BCUT2D eigenvalue weighted by molar-refractivity contribution is -0.141. The molecular weight excluding hydrogens is 216 g/mol. The second-order valence-corrected chi connectivity index (χ2v) is 5.10. The summed E-state index contributed by atoms with van der Waals surface area (Å²) in [4.78, 5) is 11.5. The highest BCUT2D eigenvalue weighted by Crippen LogP contribution is 2.21. The smallest absolute Gasteiger partial charge is 0.333 e. The van der Waals surface area contributed by atoms with Gasteiger partial charge in [0.25, 0.3) is 0 Å². The summed E-state index contributed by atoms with van der Waals surface area (Å²) in [6.07, 6.45) is 2.64. The largest absolute Gasteiger partial charge is 0.462 e. The number of esters is 1. The molecule has 3 nitrogen and oxygen atoms in total. The molecule has 0 amide bonds. The summed E-state index contributed by atoms with van der Waals surface area (Å²) in [7, 11) is 0. The molecule has 2 atom stereocenters. The molecule has 0 saturated heterocycles. The van der Waals surface area contributed by atoms with Crippen molar-refractivity contribution in [1.82, 2.24) is 0 Å². The summed E-state index contributed by atoms with van der Waals surface area (Å²) in [6.45, 7) is 10.4. The minimum atomic E-state index is -0.241. The molecule has 0 aliphatic rings. The fourth-order valence-electron chi connectivity index (χ4n) is 1.54. The molecule has 17 heavy (non-hydrogen) atoms. The zero-order valence-electron chi connectivity index (χ0n) is 11.7. The number of allylic oxidation sites excluding steroid dienone is 1. The highest BCUT2D eigenvalue weighted by molar-refractivity contribution is 5.87. The van der Waals surface area contributed by atoms with Gasteiger partial charge in [-0.05, 0) is 38.0 Å². The number of ether oxygens (including phenoxy) is 1. The van der Waals surface area contributed by atoms with E-state index in [4.69, 9.17) is 9.84 Å². The van der Waals surface area contributed by atoms with Gasteiger partial charge in [-0.1, -0.05) is 26.8 Å². The molecule has 0 radical (unpaired) electrons. The van der Waals surface area contributed by atoms with E-state index < -0.39 is 0 Å². The second-order valence-electron chi connectivity index (χ2n) is 5.10. The first-order valence-electron chi connectivity index (χ1n) is 6.33. The van der Waals surface area contributed by atoms with E-state index in [1.54, 1.807) is 13.0 Å². The summed E-state index contributed by atoms with van der Waals surface area (Å²) in [5.74, 6) is 0.771. The molecule has 0 aromatic rings. The van der Waals surface area contributed by atoms with Crippen LogP contribution in [0.5, 0.6) is 0 Å². The van der Waals surface area contributed by atoms with Crippen molar-refractivity contribution >= 4 is 5.97 Å². The van der Waals surface area contributed by atoms with Crippen molar-refractivity contribution in [2.45, 2.75) is 41.0 Å². The zero-order valence-corrected chi connectivity index (χ0v) is 11.7. The normalized spacial score (nSPS) is 15.8. The number of carbonyl (C=O) groups excluding carboxylic acids is 1. The van der Waals surface area contributed by atoms with Crippen LogP contribution in [0, 0.1) is 17.8 Å². The average molecular weight is 242 g/mol. The Morgan fingerprint density at radius 3 is 2.35 bits per heavy atom. The van der Waals surface area contributed by atoms with Crippen molar-refractivity contribution in [2.24, 2.45) is 17.8 Å². The van der Waals surface area contributed by atoms with Crippen molar-refractivity contribution in [1.29, 1.82) is 0 Å². The fourth-order valence-corrected chi connectivity index (χ4v) is 1.54. The van der Waals surface area contributed by atoms with E-state index in [1.807, 2.05) is 13.8 Å². The van der Waals surface area contributed by atoms with Crippen LogP contribution in [0.15, 0.2) is 11.6 Å². The first-order chi connectivity index (χ1) is 7.92. The molecule has 100 valence electrons. The Kier molecular flexibility index (Phi) is 7.88. The van der Waals surface area contributed by atoms with Gasteiger partial charge in [-0.15, -0.1) is 0 Å².